The van der Waals surface area contributed by atoms with Gasteiger partial charge < -0.3 is 10.1 Å². The van der Waals surface area contributed by atoms with E-state index in [1.807, 2.05) is 19.1 Å². The first-order chi connectivity index (χ1) is 9.08. The predicted octanol–water partition coefficient (Wildman–Crippen LogP) is 1.05. The van der Waals surface area contributed by atoms with Crippen molar-refractivity contribution in [2.75, 3.05) is 6.61 Å². The number of amides is 1. The van der Waals surface area contributed by atoms with Crippen LogP contribution in [0.2, 0.25) is 0 Å². The minimum absolute atomic E-state index is 0.286. The Morgan fingerprint density at radius 2 is 2.32 bits per heavy atom. The Morgan fingerprint density at radius 3 is 2.84 bits per heavy atom. The minimum Gasteiger partial charge on any atom is -0.464 e. The van der Waals surface area contributed by atoms with Gasteiger partial charge in [-0.3, -0.25) is 9.48 Å². The number of aromatic nitrogens is 2. The highest BCUT2D eigenvalue weighted by molar-refractivity contribution is 5.96. The smallest absolute Gasteiger partial charge is 0.328 e. The van der Waals surface area contributed by atoms with Gasteiger partial charge in [0, 0.05) is 13.2 Å². The maximum absolute atomic E-state index is 11.9. The molecule has 1 aromatic rings. The van der Waals surface area contributed by atoms with Gasteiger partial charge in [0.25, 0.3) is 5.91 Å². The SMILES string of the molecule is C/C=C/CC(NC(=O)c1cnn(C)c1)C(=O)OCC. The summed E-state index contributed by atoms with van der Waals surface area (Å²) in [6.45, 7) is 3.87. The van der Waals surface area contributed by atoms with E-state index in [4.69, 9.17) is 4.74 Å². The molecule has 1 heterocycles. The number of aryl methyl sites for hydroxylation is 1. The normalized spacial score (nSPS) is 12.4. The summed E-state index contributed by atoms with van der Waals surface area (Å²) >= 11 is 0. The van der Waals surface area contributed by atoms with E-state index < -0.39 is 12.0 Å². The molecule has 0 aromatic carbocycles. The fraction of sp³-hybridized carbons (Fsp3) is 0.462. The van der Waals surface area contributed by atoms with Crippen LogP contribution in [0.25, 0.3) is 0 Å². The number of nitrogens with zero attached hydrogens (tertiary/aromatic N) is 2. The van der Waals surface area contributed by atoms with Crippen molar-refractivity contribution in [3.8, 4) is 0 Å². The molecule has 0 saturated heterocycles. The molecule has 19 heavy (non-hydrogen) atoms. The Labute approximate surface area is 112 Å². The van der Waals surface area contributed by atoms with Crippen LogP contribution in [0.3, 0.4) is 0 Å². The molecule has 0 radical (unpaired) electrons. The number of rotatable bonds is 6. The average Bonchev–Trinajstić information content (AvgIpc) is 2.81. The van der Waals surface area contributed by atoms with Gasteiger partial charge in [-0.25, -0.2) is 4.79 Å². The number of allylic oxidation sites excluding steroid dienone is 1. The first-order valence-corrected chi connectivity index (χ1v) is 6.15. The van der Waals surface area contributed by atoms with E-state index in [1.54, 1.807) is 20.2 Å². The van der Waals surface area contributed by atoms with Gasteiger partial charge in [0.1, 0.15) is 6.04 Å². The molecule has 0 aliphatic carbocycles. The van der Waals surface area contributed by atoms with Gasteiger partial charge in [-0.15, -0.1) is 0 Å². The van der Waals surface area contributed by atoms with E-state index >= 15 is 0 Å². The average molecular weight is 265 g/mol. The van der Waals surface area contributed by atoms with Gasteiger partial charge in [0.05, 0.1) is 18.4 Å². The molecule has 0 aliphatic rings. The van der Waals surface area contributed by atoms with Crippen LogP contribution in [-0.4, -0.2) is 34.3 Å². The van der Waals surface area contributed by atoms with E-state index in [-0.39, 0.29) is 12.5 Å². The zero-order valence-corrected chi connectivity index (χ0v) is 11.4. The molecule has 0 saturated carbocycles. The Morgan fingerprint density at radius 1 is 1.58 bits per heavy atom. The molecule has 1 atom stereocenters. The van der Waals surface area contributed by atoms with E-state index in [1.165, 1.54) is 10.9 Å². The lowest BCUT2D eigenvalue weighted by Gasteiger charge is -2.15. The minimum atomic E-state index is -0.677. The standard InChI is InChI=1S/C13H19N3O3/c1-4-6-7-11(13(18)19-5-2)15-12(17)10-8-14-16(3)9-10/h4,6,8-9,11H,5,7H2,1-3H3,(H,15,17)/b6-4+. The van der Waals surface area contributed by atoms with Crippen molar-refractivity contribution < 1.29 is 14.3 Å². The molecule has 6 heteroatoms. The first kappa shape index (κ1) is 14.9. The zero-order valence-electron chi connectivity index (χ0n) is 11.4. The molecule has 1 N–H and O–H groups in total. The first-order valence-electron chi connectivity index (χ1n) is 6.15. The van der Waals surface area contributed by atoms with E-state index in [0.717, 1.165) is 0 Å². The molecule has 1 unspecified atom stereocenters. The highest BCUT2D eigenvalue weighted by Crippen LogP contribution is 2.02. The summed E-state index contributed by atoms with van der Waals surface area (Å²) in [4.78, 5) is 23.7. The second kappa shape index (κ2) is 7.35. The van der Waals surface area contributed by atoms with Crippen LogP contribution in [0.1, 0.15) is 30.6 Å². The summed E-state index contributed by atoms with van der Waals surface area (Å²) < 4.78 is 6.46. The molecule has 0 spiro atoms. The fourth-order valence-electron chi connectivity index (χ4n) is 1.51. The summed E-state index contributed by atoms with van der Waals surface area (Å²) in [7, 11) is 1.72. The lowest BCUT2D eigenvalue weighted by Crippen LogP contribution is -2.41. The molecule has 6 nitrogen and oxygen atoms in total. The van der Waals surface area contributed by atoms with Crippen LogP contribution in [0, 0.1) is 0 Å². The maximum atomic E-state index is 11.9. The van der Waals surface area contributed by atoms with Crippen molar-refractivity contribution in [1.29, 1.82) is 0 Å². The third-order valence-corrected chi connectivity index (χ3v) is 2.45. The number of hydrogen-bond donors (Lipinski definition) is 1. The van der Waals surface area contributed by atoms with Crippen molar-refractivity contribution in [1.82, 2.24) is 15.1 Å². The van der Waals surface area contributed by atoms with Crippen molar-refractivity contribution in [2.24, 2.45) is 7.05 Å². The van der Waals surface area contributed by atoms with Gasteiger partial charge in [0.15, 0.2) is 0 Å². The third-order valence-electron chi connectivity index (χ3n) is 2.45. The van der Waals surface area contributed by atoms with Crippen molar-refractivity contribution in [3.63, 3.8) is 0 Å². The van der Waals surface area contributed by atoms with Crippen LogP contribution in [0.4, 0.5) is 0 Å². The van der Waals surface area contributed by atoms with Gasteiger partial charge in [0.2, 0.25) is 0 Å². The van der Waals surface area contributed by atoms with Crippen LogP contribution in [0.15, 0.2) is 24.5 Å². The molecule has 104 valence electrons. The number of nitrogens with one attached hydrogen (secondary N) is 1. The summed E-state index contributed by atoms with van der Waals surface area (Å²) in [5, 5.41) is 6.56. The monoisotopic (exact) mass is 265 g/mol. The number of hydrogen-bond acceptors (Lipinski definition) is 4. The number of carbonyl (C=O) groups excluding carboxylic acids is 2. The van der Waals surface area contributed by atoms with E-state index in [0.29, 0.717) is 12.0 Å². The van der Waals surface area contributed by atoms with Gasteiger partial charge in [-0.2, -0.15) is 5.10 Å². The second-order valence-electron chi connectivity index (χ2n) is 3.99. The molecule has 0 bridgehead atoms. The highest BCUT2D eigenvalue weighted by atomic mass is 16.5. The lowest BCUT2D eigenvalue weighted by molar-refractivity contribution is -0.145. The van der Waals surface area contributed by atoms with Gasteiger partial charge >= 0.3 is 5.97 Å². The molecule has 1 rings (SSSR count). The molecule has 0 aliphatic heterocycles. The quantitative estimate of drug-likeness (QED) is 0.616. The highest BCUT2D eigenvalue weighted by Gasteiger charge is 2.21. The molecular weight excluding hydrogens is 246 g/mol. The van der Waals surface area contributed by atoms with Crippen LogP contribution in [-0.2, 0) is 16.6 Å². The maximum Gasteiger partial charge on any atom is 0.328 e. The Bertz CT molecular complexity index is 465. The van der Waals surface area contributed by atoms with Crippen LogP contribution in [0.5, 0.6) is 0 Å². The lowest BCUT2D eigenvalue weighted by atomic mass is 10.2. The Kier molecular flexibility index (Phi) is 5.78. The van der Waals surface area contributed by atoms with Crippen LogP contribution >= 0.6 is 0 Å². The van der Waals surface area contributed by atoms with E-state index in [9.17, 15) is 9.59 Å². The number of esters is 1. The molecule has 1 amide bonds. The third kappa shape index (κ3) is 4.57. The number of ether oxygens (including phenoxy) is 1. The predicted molar refractivity (Wildman–Crippen MR) is 70.5 cm³/mol. The van der Waals surface area contributed by atoms with Crippen molar-refractivity contribution in [3.05, 3.63) is 30.1 Å². The fourth-order valence-corrected chi connectivity index (χ4v) is 1.51. The van der Waals surface area contributed by atoms with Crippen LogP contribution < -0.4 is 5.32 Å². The molecule has 1 aromatic heterocycles. The zero-order chi connectivity index (χ0) is 14.3. The van der Waals surface area contributed by atoms with Crippen molar-refractivity contribution in [2.45, 2.75) is 26.3 Å². The van der Waals surface area contributed by atoms with Gasteiger partial charge in [-0.1, -0.05) is 12.2 Å². The second-order valence-corrected chi connectivity index (χ2v) is 3.99. The summed E-state index contributed by atoms with van der Waals surface area (Å²) in [5.74, 6) is -0.770. The molecule has 0 fully saturated rings. The van der Waals surface area contributed by atoms with Crippen molar-refractivity contribution >= 4 is 11.9 Å². The Balaban J connectivity index is 2.70. The topological polar surface area (TPSA) is 73.2 Å². The summed E-state index contributed by atoms with van der Waals surface area (Å²) in [6.07, 6.45) is 7.08. The Hall–Kier alpha value is -2.11. The number of carbonyl (C=O) groups is 2. The molecular formula is C13H19N3O3. The summed E-state index contributed by atoms with van der Waals surface area (Å²) in [6, 6.07) is -0.677. The largest absolute Gasteiger partial charge is 0.464 e. The van der Waals surface area contributed by atoms with Gasteiger partial charge in [-0.05, 0) is 20.3 Å². The van der Waals surface area contributed by atoms with E-state index in [2.05, 4.69) is 10.4 Å². The summed E-state index contributed by atoms with van der Waals surface area (Å²) in [5.41, 5.74) is 0.414.